The Hall–Kier alpha value is -3.88. The highest BCUT2D eigenvalue weighted by atomic mass is 16.5. The summed E-state index contributed by atoms with van der Waals surface area (Å²) in [5.74, 6) is 0.619. The van der Waals surface area contributed by atoms with Gasteiger partial charge in [0.25, 0.3) is 0 Å². The molecule has 9 atom stereocenters. The molecule has 50 heavy (non-hydrogen) atoms. The second kappa shape index (κ2) is 11.8. The molecule has 6 aliphatic rings. The Morgan fingerprint density at radius 3 is 2.62 bits per heavy atom. The lowest BCUT2D eigenvalue weighted by molar-refractivity contribution is -0.162. The van der Waals surface area contributed by atoms with Crippen molar-refractivity contribution in [2.24, 2.45) is 23.7 Å². The largest absolute Gasteiger partial charge is 0.469 e. The monoisotopic (exact) mass is 674 g/mol. The first kappa shape index (κ1) is 32.1. The molecular weight excluding hydrogens is 624 g/mol. The number of carbonyl (C=O) groups excluding carboxylic acids is 2. The number of likely N-dealkylation sites (N-methyl/N-ethyl adjacent to an activating group) is 1. The maximum atomic E-state index is 14.1. The molecule has 2 aromatic heterocycles. The Balaban J connectivity index is 1.22. The summed E-state index contributed by atoms with van der Waals surface area (Å²) in [4.78, 5) is 40.6. The fraction of sp³-hybridized carbons (Fsp3) is 0.524. The molecule has 3 saturated heterocycles. The van der Waals surface area contributed by atoms with Crippen molar-refractivity contribution in [2.75, 3.05) is 40.9 Å². The van der Waals surface area contributed by atoms with E-state index in [2.05, 4.69) is 89.2 Å². The van der Waals surface area contributed by atoms with E-state index in [1.165, 1.54) is 52.3 Å². The molecule has 1 saturated carbocycles. The Bertz CT molecular complexity index is 2040. The van der Waals surface area contributed by atoms with E-state index in [1.54, 1.807) is 7.11 Å². The Labute approximate surface area is 294 Å². The molecule has 8 heteroatoms. The number of esters is 2. The topological polar surface area (TPSA) is 90.7 Å². The molecule has 4 aliphatic heterocycles. The molecule has 1 unspecified atom stereocenters. The summed E-state index contributed by atoms with van der Waals surface area (Å²) in [7, 11) is 5.25. The van der Waals surface area contributed by atoms with Gasteiger partial charge in [-0.1, -0.05) is 55.3 Å². The summed E-state index contributed by atoms with van der Waals surface area (Å²) in [5.41, 5.74) is 9.01. The van der Waals surface area contributed by atoms with Gasteiger partial charge in [0.05, 0.1) is 20.1 Å². The molecule has 6 bridgehead atoms. The van der Waals surface area contributed by atoms with Crippen molar-refractivity contribution in [1.29, 1.82) is 0 Å². The van der Waals surface area contributed by atoms with E-state index in [1.807, 2.05) is 0 Å². The number of aromatic nitrogens is 2. The van der Waals surface area contributed by atoms with Crippen molar-refractivity contribution in [3.63, 3.8) is 0 Å². The first-order chi connectivity index (χ1) is 24.3. The maximum absolute atomic E-state index is 14.1. The van der Waals surface area contributed by atoms with Crippen molar-refractivity contribution in [3.8, 4) is 0 Å². The minimum atomic E-state index is -0.677. The second-order valence-electron chi connectivity index (χ2n) is 16.0. The van der Waals surface area contributed by atoms with E-state index in [9.17, 15) is 9.59 Å². The molecule has 8 nitrogen and oxygen atoms in total. The lowest BCUT2D eigenvalue weighted by atomic mass is 9.56. The van der Waals surface area contributed by atoms with Gasteiger partial charge < -0.3 is 19.4 Å². The van der Waals surface area contributed by atoms with E-state index in [0.717, 1.165) is 68.5 Å². The lowest BCUT2D eigenvalue weighted by Crippen LogP contribution is -2.67. The van der Waals surface area contributed by atoms with Crippen LogP contribution in [0, 0.1) is 23.7 Å². The number of nitrogens with one attached hydrogen (secondary N) is 2. The highest BCUT2D eigenvalue weighted by molar-refractivity contribution is 5.92. The summed E-state index contributed by atoms with van der Waals surface area (Å²) in [5, 5.41) is 2.45. The van der Waals surface area contributed by atoms with Crippen molar-refractivity contribution in [3.05, 3.63) is 82.2 Å². The molecule has 4 fully saturated rings. The van der Waals surface area contributed by atoms with Gasteiger partial charge in [0.15, 0.2) is 0 Å². The van der Waals surface area contributed by atoms with Crippen molar-refractivity contribution >= 4 is 33.7 Å². The number of hydrogen-bond acceptors (Lipinski definition) is 6. The van der Waals surface area contributed by atoms with Crippen LogP contribution in [0.4, 0.5) is 0 Å². The normalized spacial score (nSPS) is 34.1. The molecule has 6 heterocycles. The van der Waals surface area contributed by atoms with Crippen molar-refractivity contribution < 1.29 is 19.1 Å². The van der Waals surface area contributed by atoms with Gasteiger partial charge >= 0.3 is 11.9 Å². The van der Waals surface area contributed by atoms with Crippen molar-refractivity contribution in [2.45, 2.75) is 75.8 Å². The van der Waals surface area contributed by atoms with Gasteiger partial charge in [-0.25, -0.2) is 0 Å². The van der Waals surface area contributed by atoms with Crippen LogP contribution in [0.25, 0.3) is 21.8 Å². The number of aromatic amines is 2. The molecule has 2 N–H and O–H groups in total. The molecule has 262 valence electrons. The van der Waals surface area contributed by atoms with Gasteiger partial charge in [-0.15, -0.1) is 0 Å². The third-order valence-corrected chi connectivity index (χ3v) is 13.9. The highest BCUT2D eigenvalue weighted by Crippen LogP contribution is 2.56. The second-order valence-corrected chi connectivity index (χ2v) is 16.0. The van der Waals surface area contributed by atoms with Crippen LogP contribution in [0.5, 0.6) is 0 Å². The number of nitrogens with zero attached hydrogens (tertiary/aromatic N) is 2. The SMILES string of the molecule is C/C=C1/CN(C)[C@H]2Cc3c([nH]c4ccccc34)[C@@H](c3ccc4c5c([nH]c4c3)[C@]3(C(=O)OC)C[C@H]4C[C@@H](CC)[C@@H]3N(CC5)C4)C[C@@H]1[C@H]2C(=O)OC. The van der Waals surface area contributed by atoms with Crippen LogP contribution in [0.1, 0.15) is 73.5 Å². The molecule has 0 spiro atoms. The Morgan fingerprint density at radius 1 is 1.02 bits per heavy atom. The number of piperidine rings is 3. The fourth-order valence-electron chi connectivity index (χ4n) is 11.8. The highest BCUT2D eigenvalue weighted by Gasteiger charge is 2.62. The number of benzene rings is 2. The quantitative estimate of drug-likeness (QED) is 0.190. The van der Waals surface area contributed by atoms with E-state index in [0.29, 0.717) is 11.8 Å². The summed E-state index contributed by atoms with van der Waals surface area (Å²) >= 11 is 0. The predicted octanol–water partition coefficient (Wildman–Crippen LogP) is 6.48. The number of para-hydroxylation sites is 1. The number of H-pyrrole nitrogens is 2. The minimum Gasteiger partial charge on any atom is -0.469 e. The van der Waals surface area contributed by atoms with Crippen LogP contribution in [-0.2, 0) is 37.3 Å². The van der Waals surface area contributed by atoms with Gasteiger partial charge in [0.2, 0.25) is 0 Å². The molecule has 2 aliphatic carbocycles. The van der Waals surface area contributed by atoms with Crippen LogP contribution < -0.4 is 0 Å². The van der Waals surface area contributed by atoms with E-state index in [-0.39, 0.29) is 41.8 Å². The average Bonchev–Trinajstić information content (AvgIpc) is 3.67. The molecule has 4 aromatic rings. The third kappa shape index (κ3) is 4.43. The van der Waals surface area contributed by atoms with Crippen molar-refractivity contribution in [1.82, 2.24) is 19.8 Å². The van der Waals surface area contributed by atoms with E-state index in [4.69, 9.17) is 9.47 Å². The summed E-state index contributed by atoms with van der Waals surface area (Å²) in [6, 6.07) is 15.8. The van der Waals surface area contributed by atoms with E-state index >= 15 is 0 Å². The zero-order valence-electron chi connectivity index (χ0n) is 30.1. The fourth-order valence-corrected chi connectivity index (χ4v) is 11.8. The first-order valence-electron chi connectivity index (χ1n) is 18.8. The maximum Gasteiger partial charge on any atom is 0.319 e. The summed E-state index contributed by atoms with van der Waals surface area (Å²) in [6.07, 6.45) is 7.84. The molecule has 0 radical (unpaired) electrons. The molecular formula is C42H50N4O4. The number of hydrogen-bond donors (Lipinski definition) is 2. The van der Waals surface area contributed by atoms with E-state index < -0.39 is 5.41 Å². The van der Waals surface area contributed by atoms with Crippen LogP contribution in [-0.4, -0.2) is 84.7 Å². The van der Waals surface area contributed by atoms with Gasteiger partial charge in [0, 0.05) is 70.8 Å². The molecule has 10 rings (SSSR count). The zero-order chi connectivity index (χ0) is 34.5. The van der Waals surface area contributed by atoms with Gasteiger partial charge in [-0.3, -0.25) is 19.4 Å². The third-order valence-electron chi connectivity index (χ3n) is 13.9. The van der Waals surface area contributed by atoms with Gasteiger partial charge in [-0.2, -0.15) is 0 Å². The average molecular weight is 675 g/mol. The summed E-state index contributed by atoms with van der Waals surface area (Å²) < 4.78 is 11.2. The Morgan fingerprint density at radius 2 is 1.84 bits per heavy atom. The minimum absolute atomic E-state index is 0.0431. The predicted molar refractivity (Wildman–Crippen MR) is 195 cm³/mol. The standard InChI is InChI=1S/C42H50N4O4/c1-6-24-16-23-20-42(41(48)50-5)38-29(14-15-46(21-23)39(24)42)28-13-12-26(17-34(28)44-38)31-18-30-25(7-2)22-45(3)35(36(30)40(47)49-4)19-32-27-10-8-9-11-33(27)43-37(31)32/h7-13,17,23-24,30-31,35-36,39,43-44H,6,14-16,18-22H2,1-5H3/b25-7-/t23-,24-,30+,31-,35+,36-,39+,42-/m1/s1. The first-order valence-corrected chi connectivity index (χ1v) is 18.8. The number of carbonyl (C=O) groups is 2. The molecule has 2 aromatic carbocycles. The zero-order valence-corrected chi connectivity index (χ0v) is 30.1. The van der Waals surface area contributed by atoms with Crippen LogP contribution in [0.15, 0.2) is 54.1 Å². The van der Waals surface area contributed by atoms with Gasteiger partial charge in [-0.05, 0) is 92.7 Å². The number of methoxy groups -OCH3 is 2. The van der Waals surface area contributed by atoms with Crippen LogP contribution in [0.2, 0.25) is 0 Å². The Kier molecular flexibility index (Phi) is 7.59. The number of fused-ring (bicyclic) bond motifs is 9. The van der Waals surface area contributed by atoms with Crippen LogP contribution >= 0.6 is 0 Å². The smallest absolute Gasteiger partial charge is 0.319 e. The number of likely N-dealkylation sites (tertiary alicyclic amines) is 1. The number of rotatable bonds is 4. The number of ether oxygens (including phenoxy) is 2. The van der Waals surface area contributed by atoms with Crippen LogP contribution in [0.3, 0.4) is 0 Å². The lowest BCUT2D eigenvalue weighted by Gasteiger charge is -2.57. The summed E-state index contributed by atoms with van der Waals surface area (Å²) in [6.45, 7) is 7.29. The number of allylic oxidation sites excluding steroid dienone is 1. The van der Waals surface area contributed by atoms with Gasteiger partial charge in [0.1, 0.15) is 5.41 Å². The molecule has 0 amide bonds.